The van der Waals surface area contributed by atoms with Crippen LogP contribution in [0.25, 0.3) is 11.0 Å². The van der Waals surface area contributed by atoms with E-state index in [-0.39, 0.29) is 5.91 Å². The fraction of sp³-hybridized carbons (Fsp3) is 0.235. The van der Waals surface area contributed by atoms with E-state index in [2.05, 4.69) is 14.1 Å². The minimum absolute atomic E-state index is 0.203. The van der Waals surface area contributed by atoms with Gasteiger partial charge in [-0.15, -0.1) is 0 Å². The van der Waals surface area contributed by atoms with Crippen LogP contribution < -0.4 is 10.1 Å². The van der Waals surface area contributed by atoms with Gasteiger partial charge in [0.1, 0.15) is 16.8 Å². The van der Waals surface area contributed by atoms with Gasteiger partial charge in [-0.1, -0.05) is 6.07 Å². The summed E-state index contributed by atoms with van der Waals surface area (Å²) in [6, 6.07) is 11.2. The Morgan fingerprint density at radius 1 is 1.09 bits per heavy atom. The van der Waals surface area contributed by atoms with Gasteiger partial charge in [-0.3, -0.25) is 4.79 Å². The molecule has 5 nitrogen and oxygen atoms in total. The molecule has 1 heterocycles. The Morgan fingerprint density at radius 2 is 1.87 bits per heavy atom. The number of carbonyl (C=O) groups is 1. The second-order valence-electron chi connectivity index (χ2n) is 5.46. The third kappa shape index (κ3) is 3.48. The van der Waals surface area contributed by atoms with Gasteiger partial charge in [0.15, 0.2) is 6.10 Å². The van der Waals surface area contributed by atoms with Gasteiger partial charge < -0.3 is 10.1 Å². The topological polar surface area (TPSA) is 64.1 Å². The summed E-state index contributed by atoms with van der Waals surface area (Å²) in [4.78, 5) is 12.3. The summed E-state index contributed by atoms with van der Waals surface area (Å²) in [5, 5.41) is 2.84. The maximum atomic E-state index is 12.3. The van der Waals surface area contributed by atoms with E-state index in [9.17, 15) is 4.79 Å². The number of nitrogens with zero attached hydrogens (tertiary/aromatic N) is 2. The van der Waals surface area contributed by atoms with Crippen molar-refractivity contribution in [3.05, 3.63) is 47.5 Å². The number of aryl methyl sites for hydroxylation is 2. The van der Waals surface area contributed by atoms with E-state index in [1.807, 2.05) is 44.2 Å². The maximum Gasteiger partial charge on any atom is 0.265 e. The highest BCUT2D eigenvalue weighted by atomic mass is 32.1. The molecule has 0 fully saturated rings. The zero-order valence-corrected chi connectivity index (χ0v) is 14.0. The summed E-state index contributed by atoms with van der Waals surface area (Å²) in [6.07, 6.45) is -0.596. The van der Waals surface area contributed by atoms with Crippen LogP contribution in [-0.2, 0) is 4.79 Å². The number of carbonyl (C=O) groups excluding carboxylic acids is 1. The lowest BCUT2D eigenvalue weighted by Gasteiger charge is -2.15. The van der Waals surface area contributed by atoms with Crippen molar-refractivity contribution in [1.82, 2.24) is 8.75 Å². The highest BCUT2D eigenvalue weighted by Crippen LogP contribution is 2.20. The molecule has 0 bridgehead atoms. The predicted molar refractivity (Wildman–Crippen MR) is 92.1 cm³/mol. The molecule has 0 aliphatic carbocycles. The zero-order chi connectivity index (χ0) is 16.4. The third-order valence-electron chi connectivity index (χ3n) is 3.68. The molecule has 3 rings (SSSR count). The zero-order valence-electron chi connectivity index (χ0n) is 13.2. The van der Waals surface area contributed by atoms with E-state index >= 15 is 0 Å². The van der Waals surface area contributed by atoms with Gasteiger partial charge in [0.2, 0.25) is 0 Å². The second-order valence-corrected chi connectivity index (χ2v) is 5.99. The molecule has 0 spiro atoms. The molecule has 0 aliphatic rings. The van der Waals surface area contributed by atoms with Crippen molar-refractivity contribution in [1.29, 1.82) is 0 Å². The number of rotatable bonds is 4. The lowest BCUT2D eigenvalue weighted by molar-refractivity contribution is -0.122. The molecular weight excluding hydrogens is 310 g/mol. The number of benzene rings is 2. The van der Waals surface area contributed by atoms with E-state index in [0.29, 0.717) is 11.4 Å². The van der Waals surface area contributed by atoms with Crippen LogP contribution in [-0.4, -0.2) is 20.8 Å². The number of nitrogens with one attached hydrogen (secondary N) is 1. The van der Waals surface area contributed by atoms with Crippen LogP contribution >= 0.6 is 11.7 Å². The fourth-order valence-corrected chi connectivity index (χ4v) is 2.67. The first-order valence-corrected chi connectivity index (χ1v) is 8.03. The normalized spacial score (nSPS) is 12.1. The van der Waals surface area contributed by atoms with Gasteiger partial charge in [0.25, 0.3) is 5.91 Å². The molecule has 1 amide bonds. The Hall–Kier alpha value is -2.47. The van der Waals surface area contributed by atoms with E-state index in [1.54, 1.807) is 13.0 Å². The Morgan fingerprint density at radius 3 is 2.65 bits per heavy atom. The molecule has 1 aromatic heterocycles. The molecule has 23 heavy (non-hydrogen) atoms. The SMILES string of the molecule is Cc1ccc(OC(C)C(=O)Nc2ccc3nsnc3c2)cc1C. The largest absolute Gasteiger partial charge is 0.481 e. The second kappa shape index (κ2) is 6.34. The van der Waals surface area contributed by atoms with Crippen molar-refractivity contribution < 1.29 is 9.53 Å². The Balaban J connectivity index is 1.67. The van der Waals surface area contributed by atoms with E-state index in [0.717, 1.165) is 28.3 Å². The quantitative estimate of drug-likeness (QED) is 0.793. The maximum absolute atomic E-state index is 12.3. The van der Waals surface area contributed by atoms with Gasteiger partial charge in [0.05, 0.1) is 11.7 Å². The Bertz CT molecular complexity index is 860. The molecule has 3 aromatic rings. The van der Waals surface area contributed by atoms with E-state index < -0.39 is 6.10 Å². The molecule has 2 aromatic carbocycles. The highest BCUT2D eigenvalue weighted by Gasteiger charge is 2.15. The minimum atomic E-state index is -0.596. The van der Waals surface area contributed by atoms with Crippen molar-refractivity contribution in [2.24, 2.45) is 0 Å². The molecule has 118 valence electrons. The molecule has 0 saturated heterocycles. The smallest absolute Gasteiger partial charge is 0.265 e. The number of fused-ring (bicyclic) bond motifs is 1. The lowest BCUT2D eigenvalue weighted by Crippen LogP contribution is -2.30. The summed E-state index contributed by atoms with van der Waals surface area (Å²) >= 11 is 1.15. The van der Waals surface area contributed by atoms with Crippen LogP contribution in [0.4, 0.5) is 5.69 Å². The molecule has 0 saturated carbocycles. The first-order valence-electron chi connectivity index (χ1n) is 7.30. The number of amides is 1. The first-order chi connectivity index (χ1) is 11.0. The van der Waals surface area contributed by atoms with E-state index in [1.165, 1.54) is 5.56 Å². The van der Waals surface area contributed by atoms with Crippen LogP contribution in [0.5, 0.6) is 5.75 Å². The van der Waals surface area contributed by atoms with Crippen molar-refractivity contribution in [3.63, 3.8) is 0 Å². The van der Waals surface area contributed by atoms with Crippen molar-refractivity contribution >= 4 is 34.4 Å². The van der Waals surface area contributed by atoms with Crippen LogP contribution in [0, 0.1) is 13.8 Å². The molecule has 1 unspecified atom stereocenters. The molecular formula is C17H17N3O2S. The minimum Gasteiger partial charge on any atom is -0.481 e. The molecule has 0 radical (unpaired) electrons. The lowest BCUT2D eigenvalue weighted by atomic mass is 10.1. The molecule has 1 N–H and O–H groups in total. The average Bonchev–Trinajstić information content (AvgIpc) is 2.98. The van der Waals surface area contributed by atoms with Gasteiger partial charge in [-0.2, -0.15) is 8.75 Å². The monoisotopic (exact) mass is 327 g/mol. The standard InChI is InChI=1S/C17H17N3O2S/c1-10-4-6-14(8-11(10)2)22-12(3)17(21)18-13-5-7-15-16(9-13)20-23-19-15/h4-9,12H,1-3H3,(H,18,21). The summed E-state index contributed by atoms with van der Waals surface area (Å²) < 4.78 is 14.0. The Kier molecular flexibility index (Phi) is 4.25. The molecule has 0 aliphatic heterocycles. The van der Waals surface area contributed by atoms with Crippen LogP contribution in [0.15, 0.2) is 36.4 Å². The van der Waals surface area contributed by atoms with Crippen molar-refractivity contribution in [3.8, 4) is 5.75 Å². The summed E-state index contributed by atoms with van der Waals surface area (Å²) in [5.74, 6) is 0.487. The number of hydrogen-bond acceptors (Lipinski definition) is 5. The predicted octanol–water partition coefficient (Wildman–Crippen LogP) is 3.71. The van der Waals surface area contributed by atoms with Crippen molar-refractivity contribution in [2.75, 3.05) is 5.32 Å². The van der Waals surface area contributed by atoms with Crippen molar-refractivity contribution in [2.45, 2.75) is 26.9 Å². The number of anilines is 1. The average molecular weight is 327 g/mol. The summed E-state index contributed by atoms with van der Waals surface area (Å²) in [7, 11) is 0. The summed E-state index contributed by atoms with van der Waals surface area (Å²) in [6.45, 7) is 5.79. The molecule has 6 heteroatoms. The van der Waals surface area contributed by atoms with Gasteiger partial charge in [-0.25, -0.2) is 0 Å². The Labute approximate surface area is 138 Å². The fourth-order valence-electron chi connectivity index (χ4n) is 2.15. The van der Waals surface area contributed by atoms with Gasteiger partial charge in [-0.05, 0) is 62.2 Å². The molecule has 1 atom stereocenters. The number of aromatic nitrogens is 2. The first kappa shape index (κ1) is 15.4. The van der Waals surface area contributed by atoms with Gasteiger partial charge >= 0.3 is 0 Å². The van der Waals surface area contributed by atoms with Crippen LogP contribution in [0.2, 0.25) is 0 Å². The van der Waals surface area contributed by atoms with Crippen LogP contribution in [0.1, 0.15) is 18.1 Å². The summed E-state index contributed by atoms with van der Waals surface area (Å²) in [5.41, 5.74) is 4.62. The number of hydrogen-bond donors (Lipinski definition) is 1. The van der Waals surface area contributed by atoms with E-state index in [4.69, 9.17) is 4.74 Å². The third-order valence-corrected chi connectivity index (χ3v) is 4.24. The number of ether oxygens (including phenoxy) is 1. The van der Waals surface area contributed by atoms with Gasteiger partial charge in [0, 0.05) is 5.69 Å². The van der Waals surface area contributed by atoms with Crippen LogP contribution in [0.3, 0.4) is 0 Å². The highest BCUT2D eigenvalue weighted by molar-refractivity contribution is 7.00.